The van der Waals surface area contributed by atoms with Gasteiger partial charge in [-0.3, -0.25) is 0 Å². The first-order valence-corrected chi connectivity index (χ1v) is 8.99. The lowest BCUT2D eigenvalue weighted by molar-refractivity contribution is 0.176. The van der Waals surface area contributed by atoms with E-state index >= 15 is 0 Å². The number of hydrogen-bond acceptors (Lipinski definition) is 4. The molecule has 0 unspecified atom stereocenters. The Labute approximate surface area is 128 Å². The van der Waals surface area contributed by atoms with Crippen LogP contribution in [0.15, 0.2) is 17.5 Å². The Bertz CT molecular complexity index is 411. The van der Waals surface area contributed by atoms with Gasteiger partial charge in [0.25, 0.3) is 0 Å². The molecule has 1 aliphatic carbocycles. The molecule has 2 amide bonds. The van der Waals surface area contributed by atoms with Crippen molar-refractivity contribution in [1.82, 2.24) is 10.6 Å². The molecule has 1 fully saturated rings. The molecule has 1 heterocycles. The van der Waals surface area contributed by atoms with Crippen LogP contribution in [0.1, 0.15) is 37.2 Å². The minimum atomic E-state index is -0.618. The van der Waals surface area contributed by atoms with Gasteiger partial charge in [0.1, 0.15) is 6.10 Å². The predicted molar refractivity (Wildman–Crippen MR) is 85.4 cm³/mol. The van der Waals surface area contributed by atoms with E-state index in [0.29, 0.717) is 5.25 Å². The summed E-state index contributed by atoms with van der Waals surface area (Å²) in [4.78, 5) is 12.7. The monoisotopic (exact) mass is 314 g/mol. The molecule has 0 aliphatic heterocycles. The van der Waals surface area contributed by atoms with Gasteiger partial charge in [0.05, 0.1) is 6.54 Å². The quantitative estimate of drug-likeness (QED) is 0.756. The van der Waals surface area contributed by atoms with Crippen molar-refractivity contribution < 1.29 is 9.90 Å². The third kappa shape index (κ3) is 4.68. The first-order chi connectivity index (χ1) is 9.69. The molecule has 0 spiro atoms. The summed E-state index contributed by atoms with van der Waals surface area (Å²) in [5.41, 5.74) is 0. The van der Waals surface area contributed by atoms with Crippen LogP contribution in [0.5, 0.6) is 0 Å². The molecule has 1 aliphatic rings. The van der Waals surface area contributed by atoms with Crippen LogP contribution >= 0.6 is 23.1 Å². The standard InChI is InChI=1S/C14H22N2O2S2/c1-2-19-11-6-5-10(8-11)16-14(18)15-9-12(17)13-4-3-7-20-13/h3-4,7,10-12,17H,2,5-6,8-9H2,1H3,(H2,15,16,18)/t10-,11+,12+/m0/s1. The van der Waals surface area contributed by atoms with Crippen LogP contribution in [0.3, 0.4) is 0 Å². The number of thiophene rings is 1. The average Bonchev–Trinajstić information content (AvgIpc) is 3.08. The second kappa shape index (κ2) is 7.90. The maximum absolute atomic E-state index is 11.8. The molecule has 0 aromatic carbocycles. The summed E-state index contributed by atoms with van der Waals surface area (Å²) in [6.07, 6.45) is 2.67. The van der Waals surface area contributed by atoms with Crippen molar-refractivity contribution in [3.8, 4) is 0 Å². The van der Waals surface area contributed by atoms with E-state index in [1.165, 1.54) is 17.8 Å². The summed E-state index contributed by atoms with van der Waals surface area (Å²) in [6.45, 7) is 2.43. The number of rotatable bonds is 6. The highest BCUT2D eigenvalue weighted by Gasteiger charge is 2.25. The Morgan fingerprint density at radius 2 is 2.45 bits per heavy atom. The SMILES string of the molecule is CCS[C@@H]1CC[C@H](NC(=O)NC[C@@H](O)c2cccs2)C1. The van der Waals surface area contributed by atoms with E-state index in [1.807, 2.05) is 29.3 Å². The number of thioether (sulfide) groups is 1. The van der Waals surface area contributed by atoms with Crippen molar-refractivity contribution in [3.05, 3.63) is 22.4 Å². The topological polar surface area (TPSA) is 61.4 Å². The smallest absolute Gasteiger partial charge is 0.315 e. The Morgan fingerprint density at radius 3 is 3.15 bits per heavy atom. The van der Waals surface area contributed by atoms with Crippen LogP contribution in [-0.4, -0.2) is 34.7 Å². The van der Waals surface area contributed by atoms with Gasteiger partial charge >= 0.3 is 6.03 Å². The van der Waals surface area contributed by atoms with E-state index in [-0.39, 0.29) is 18.6 Å². The molecular formula is C14H22N2O2S2. The molecule has 0 bridgehead atoms. The lowest BCUT2D eigenvalue weighted by atomic mass is 10.2. The minimum absolute atomic E-state index is 0.173. The summed E-state index contributed by atoms with van der Waals surface area (Å²) in [5, 5.41) is 18.2. The summed E-state index contributed by atoms with van der Waals surface area (Å²) >= 11 is 3.47. The fraction of sp³-hybridized carbons (Fsp3) is 0.643. The Hall–Kier alpha value is -0.720. The maximum Gasteiger partial charge on any atom is 0.315 e. The van der Waals surface area contributed by atoms with Gasteiger partial charge in [0, 0.05) is 16.2 Å². The van der Waals surface area contributed by atoms with Crippen LogP contribution in [-0.2, 0) is 0 Å². The molecule has 3 N–H and O–H groups in total. The fourth-order valence-electron chi connectivity index (χ4n) is 2.47. The molecule has 4 nitrogen and oxygen atoms in total. The van der Waals surface area contributed by atoms with E-state index in [4.69, 9.17) is 0 Å². The molecule has 0 radical (unpaired) electrons. The molecule has 1 aromatic heterocycles. The van der Waals surface area contributed by atoms with Gasteiger partial charge in [-0.25, -0.2) is 4.79 Å². The normalized spacial score (nSPS) is 23.5. The number of aliphatic hydroxyl groups excluding tert-OH is 1. The van der Waals surface area contributed by atoms with Gasteiger partial charge in [-0.15, -0.1) is 11.3 Å². The highest BCUT2D eigenvalue weighted by Crippen LogP contribution is 2.29. The van der Waals surface area contributed by atoms with Crippen molar-refractivity contribution in [2.75, 3.05) is 12.3 Å². The van der Waals surface area contributed by atoms with Crippen molar-refractivity contribution in [3.63, 3.8) is 0 Å². The van der Waals surface area contributed by atoms with Crippen molar-refractivity contribution in [2.24, 2.45) is 0 Å². The fourth-order valence-corrected chi connectivity index (χ4v) is 4.32. The van der Waals surface area contributed by atoms with Gasteiger partial charge < -0.3 is 15.7 Å². The molecular weight excluding hydrogens is 292 g/mol. The van der Waals surface area contributed by atoms with Gasteiger partial charge in [0.15, 0.2) is 0 Å². The van der Waals surface area contributed by atoms with E-state index in [0.717, 1.165) is 23.5 Å². The number of hydrogen-bond donors (Lipinski definition) is 3. The number of carbonyl (C=O) groups excluding carboxylic acids is 1. The zero-order chi connectivity index (χ0) is 14.4. The zero-order valence-corrected chi connectivity index (χ0v) is 13.3. The predicted octanol–water partition coefficient (Wildman–Crippen LogP) is 2.75. The molecule has 0 saturated heterocycles. The average molecular weight is 314 g/mol. The lowest BCUT2D eigenvalue weighted by Gasteiger charge is -2.15. The van der Waals surface area contributed by atoms with Gasteiger partial charge in [-0.05, 0) is 36.5 Å². The number of urea groups is 1. The Morgan fingerprint density at radius 1 is 1.60 bits per heavy atom. The second-order valence-electron chi connectivity index (χ2n) is 4.97. The first kappa shape index (κ1) is 15.7. The molecule has 2 rings (SSSR count). The van der Waals surface area contributed by atoms with Gasteiger partial charge in [-0.1, -0.05) is 13.0 Å². The lowest BCUT2D eigenvalue weighted by Crippen LogP contribution is -2.42. The third-order valence-corrected chi connectivity index (χ3v) is 5.66. The van der Waals surface area contributed by atoms with Crippen LogP contribution in [0, 0.1) is 0 Å². The highest BCUT2D eigenvalue weighted by molar-refractivity contribution is 7.99. The maximum atomic E-state index is 11.8. The first-order valence-electron chi connectivity index (χ1n) is 7.06. The van der Waals surface area contributed by atoms with Crippen molar-refractivity contribution >= 4 is 29.1 Å². The summed E-state index contributed by atoms with van der Waals surface area (Å²) in [6, 6.07) is 3.87. The van der Waals surface area contributed by atoms with E-state index in [1.54, 1.807) is 0 Å². The largest absolute Gasteiger partial charge is 0.386 e. The second-order valence-corrected chi connectivity index (χ2v) is 7.53. The Kier molecular flexibility index (Phi) is 6.19. The van der Waals surface area contributed by atoms with Crippen LogP contribution < -0.4 is 10.6 Å². The third-order valence-electron chi connectivity index (χ3n) is 3.45. The van der Waals surface area contributed by atoms with Crippen LogP contribution in [0.2, 0.25) is 0 Å². The highest BCUT2D eigenvalue weighted by atomic mass is 32.2. The molecule has 20 heavy (non-hydrogen) atoms. The minimum Gasteiger partial charge on any atom is -0.386 e. The number of nitrogens with one attached hydrogen (secondary N) is 2. The molecule has 3 atom stereocenters. The molecule has 112 valence electrons. The Balaban J connectivity index is 1.66. The van der Waals surface area contributed by atoms with Crippen LogP contribution in [0.4, 0.5) is 4.79 Å². The summed E-state index contributed by atoms with van der Waals surface area (Å²) < 4.78 is 0. The molecule has 1 aromatic rings. The summed E-state index contributed by atoms with van der Waals surface area (Å²) in [7, 11) is 0. The van der Waals surface area contributed by atoms with Crippen molar-refractivity contribution in [1.29, 1.82) is 0 Å². The van der Waals surface area contributed by atoms with Crippen molar-refractivity contribution in [2.45, 2.75) is 43.6 Å². The number of carbonyl (C=O) groups is 1. The molecule has 1 saturated carbocycles. The summed E-state index contributed by atoms with van der Waals surface area (Å²) in [5.74, 6) is 1.14. The van der Waals surface area contributed by atoms with Gasteiger partial charge in [-0.2, -0.15) is 11.8 Å². The van der Waals surface area contributed by atoms with E-state index in [2.05, 4.69) is 17.6 Å². The zero-order valence-electron chi connectivity index (χ0n) is 11.7. The number of aliphatic hydroxyl groups is 1. The van der Waals surface area contributed by atoms with Gasteiger partial charge in [0.2, 0.25) is 0 Å². The number of amides is 2. The molecule has 6 heteroatoms. The van der Waals surface area contributed by atoms with Crippen LogP contribution in [0.25, 0.3) is 0 Å². The van der Waals surface area contributed by atoms with E-state index < -0.39 is 6.10 Å². The van der Waals surface area contributed by atoms with E-state index in [9.17, 15) is 9.90 Å².